The minimum atomic E-state index is -0.739. The highest BCUT2D eigenvalue weighted by Crippen LogP contribution is 2.32. The van der Waals surface area contributed by atoms with Crippen LogP contribution in [0.25, 0.3) is 0 Å². The van der Waals surface area contributed by atoms with Crippen LogP contribution in [0.1, 0.15) is 20.8 Å². The van der Waals surface area contributed by atoms with Crippen molar-refractivity contribution in [1.82, 2.24) is 4.90 Å². The summed E-state index contributed by atoms with van der Waals surface area (Å²) < 4.78 is 14.8. The Bertz CT molecular complexity index is 309. The smallest absolute Gasteiger partial charge is 0.412 e. The Morgan fingerprint density at radius 2 is 1.82 bits per heavy atom. The van der Waals surface area contributed by atoms with Gasteiger partial charge in [-0.1, -0.05) is 20.8 Å². The van der Waals surface area contributed by atoms with Crippen molar-refractivity contribution in [1.29, 1.82) is 0 Å². The summed E-state index contributed by atoms with van der Waals surface area (Å²) in [5, 5.41) is 0. The minimum absolute atomic E-state index is 0.129. The normalized spacial score (nSPS) is 24.6. The van der Waals surface area contributed by atoms with E-state index in [2.05, 4.69) is 9.47 Å². The Morgan fingerprint density at radius 3 is 2.24 bits per heavy atom. The quantitative estimate of drug-likeness (QED) is 0.645. The largest absolute Gasteiger partial charge is 0.467 e. The standard InChI is InChI=1S/C11H19NO5/c1-11(2,3)9-12(10(14)16-5)7(6-17-9)8(13)15-4/h7,9H,6H2,1-5H3/t7-,9+/m1/s1. The van der Waals surface area contributed by atoms with Gasteiger partial charge in [0, 0.05) is 5.41 Å². The van der Waals surface area contributed by atoms with Crippen LogP contribution >= 0.6 is 0 Å². The van der Waals surface area contributed by atoms with Crippen LogP contribution in [-0.4, -0.2) is 50.1 Å². The lowest BCUT2D eigenvalue weighted by atomic mass is 9.93. The molecule has 1 fully saturated rings. The van der Waals surface area contributed by atoms with Crippen LogP contribution in [0.2, 0.25) is 0 Å². The van der Waals surface area contributed by atoms with E-state index < -0.39 is 24.3 Å². The predicted octanol–water partition coefficient (Wildman–Crippen LogP) is 0.999. The van der Waals surface area contributed by atoms with E-state index in [4.69, 9.17) is 4.74 Å². The Balaban J connectivity index is 2.97. The van der Waals surface area contributed by atoms with Gasteiger partial charge >= 0.3 is 12.1 Å². The predicted molar refractivity (Wildman–Crippen MR) is 59.2 cm³/mol. The second-order valence-electron chi connectivity index (χ2n) is 4.97. The molecule has 0 N–H and O–H groups in total. The van der Waals surface area contributed by atoms with Crippen molar-refractivity contribution in [2.45, 2.75) is 33.0 Å². The van der Waals surface area contributed by atoms with E-state index in [0.29, 0.717) is 0 Å². The summed E-state index contributed by atoms with van der Waals surface area (Å²) in [5.41, 5.74) is -0.309. The van der Waals surface area contributed by atoms with Gasteiger partial charge < -0.3 is 14.2 Å². The third kappa shape index (κ3) is 2.69. The average Bonchev–Trinajstić information content (AvgIpc) is 2.70. The molecule has 0 spiro atoms. The van der Waals surface area contributed by atoms with Gasteiger partial charge in [-0.3, -0.25) is 4.90 Å². The van der Waals surface area contributed by atoms with E-state index in [1.807, 2.05) is 20.8 Å². The van der Waals surface area contributed by atoms with E-state index in [0.717, 1.165) is 0 Å². The Labute approximate surface area is 101 Å². The number of methoxy groups -OCH3 is 2. The molecule has 0 saturated carbocycles. The second kappa shape index (κ2) is 4.91. The Kier molecular flexibility index (Phi) is 3.98. The number of esters is 1. The number of nitrogens with zero attached hydrogens (tertiary/aromatic N) is 1. The molecule has 0 aliphatic carbocycles. The molecule has 0 unspecified atom stereocenters. The molecule has 1 aliphatic rings. The van der Waals surface area contributed by atoms with Crippen molar-refractivity contribution in [2.24, 2.45) is 5.41 Å². The van der Waals surface area contributed by atoms with Crippen LogP contribution in [0.5, 0.6) is 0 Å². The molecule has 98 valence electrons. The fourth-order valence-corrected chi connectivity index (χ4v) is 1.82. The van der Waals surface area contributed by atoms with Crippen molar-refractivity contribution in [3.63, 3.8) is 0 Å². The van der Waals surface area contributed by atoms with Gasteiger partial charge in [-0.15, -0.1) is 0 Å². The second-order valence-corrected chi connectivity index (χ2v) is 4.97. The number of ether oxygens (including phenoxy) is 3. The SMILES string of the molecule is COC(=O)[C@H]1CO[C@@H](C(C)(C)C)N1C(=O)OC. The highest BCUT2D eigenvalue weighted by Gasteiger charge is 2.48. The molecule has 0 radical (unpaired) electrons. The van der Waals surface area contributed by atoms with Gasteiger partial charge in [-0.05, 0) is 0 Å². The molecule has 17 heavy (non-hydrogen) atoms. The van der Waals surface area contributed by atoms with Crippen LogP contribution in [0.3, 0.4) is 0 Å². The molecule has 0 aromatic carbocycles. The highest BCUT2D eigenvalue weighted by atomic mass is 16.6. The zero-order chi connectivity index (χ0) is 13.2. The van der Waals surface area contributed by atoms with Gasteiger partial charge in [0.1, 0.15) is 6.23 Å². The molecule has 1 rings (SSSR count). The van der Waals surface area contributed by atoms with E-state index in [-0.39, 0.29) is 12.0 Å². The maximum atomic E-state index is 11.7. The molecule has 6 nitrogen and oxygen atoms in total. The molecule has 1 saturated heterocycles. The van der Waals surface area contributed by atoms with Crippen LogP contribution in [-0.2, 0) is 19.0 Å². The van der Waals surface area contributed by atoms with Crippen LogP contribution < -0.4 is 0 Å². The molecule has 6 heteroatoms. The van der Waals surface area contributed by atoms with Crippen LogP contribution in [0, 0.1) is 5.41 Å². The van der Waals surface area contributed by atoms with Gasteiger partial charge in [-0.2, -0.15) is 0 Å². The van der Waals surface area contributed by atoms with E-state index >= 15 is 0 Å². The first-order valence-electron chi connectivity index (χ1n) is 5.38. The molecule has 0 aromatic heterocycles. The Morgan fingerprint density at radius 1 is 1.24 bits per heavy atom. The molecular formula is C11H19NO5. The average molecular weight is 245 g/mol. The lowest BCUT2D eigenvalue weighted by molar-refractivity contribution is -0.145. The summed E-state index contributed by atoms with van der Waals surface area (Å²) in [6.45, 7) is 5.90. The Hall–Kier alpha value is -1.30. The van der Waals surface area contributed by atoms with Crippen molar-refractivity contribution in [2.75, 3.05) is 20.8 Å². The zero-order valence-electron chi connectivity index (χ0n) is 10.9. The molecule has 0 aromatic rings. The van der Waals surface area contributed by atoms with Crippen LogP contribution in [0.4, 0.5) is 4.79 Å². The number of hydrogen-bond acceptors (Lipinski definition) is 5. The van der Waals surface area contributed by atoms with E-state index in [1.165, 1.54) is 19.1 Å². The van der Waals surface area contributed by atoms with Gasteiger partial charge in [0.25, 0.3) is 0 Å². The van der Waals surface area contributed by atoms with Gasteiger partial charge in [0.2, 0.25) is 0 Å². The lowest BCUT2D eigenvalue weighted by Crippen LogP contribution is -2.50. The van der Waals surface area contributed by atoms with Crippen molar-refractivity contribution >= 4 is 12.1 Å². The highest BCUT2D eigenvalue weighted by molar-refractivity contribution is 5.82. The first kappa shape index (κ1) is 13.8. The number of hydrogen-bond donors (Lipinski definition) is 0. The summed E-state index contributed by atoms with van der Waals surface area (Å²) in [4.78, 5) is 24.6. The summed E-state index contributed by atoms with van der Waals surface area (Å²) in [6, 6.07) is -0.739. The van der Waals surface area contributed by atoms with Crippen molar-refractivity contribution in [3.8, 4) is 0 Å². The maximum Gasteiger partial charge on any atom is 0.412 e. The summed E-state index contributed by atoms with van der Waals surface area (Å²) in [7, 11) is 2.55. The summed E-state index contributed by atoms with van der Waals surface area (Å²) in [6.07, 6.45) is -1.09. The van der Waals surface area contributed by atoms with Crippen LogP contribution in [0.15, 0.2) is 0 Å². The van der Waals surface area contributed by atoms with Gasteiger partial charge in [-0.25, -0.2) is 9.59 Å². The van der Waals surface area contributed by atoms with Crippen molar-refractivity contribution in [3.05, 3.63) is 0 Å². The first-order chi connectivity index (χ1) is 7.82. The maximum absolute atomic E-state index is 11.7. The molecule has 1 heterocycles. The molecular weight excluding hydrogens is 226 g/mol. The number of rotatable bonds is 1. The van der Waals surface area contributed by atoms with Crippen molar-refractivity contribution < 1.29 is 23.8 Å². The van der Waals surface area contributed by atoms with E-state index in [1.54, 1.807) is 0 Å². The monoisotopic (exact) mass is 245 g/mol. The zero-order valence-corrected chi connectivity index (χ0v) is 10.9. The fourth-order valence-electron chi connectivity index (χ4n) is 1.82. The third-order valence-corrected chi connectivity index (χ3v) is 2.60. The minimum Gasteiger partial charge on any atom is -0.467 e. The first-order valence-corrected chi connectivity index (χ1v) is 5.38. The fraction of sp³-hybridized carbons (Fsp3) is 0.818. The number of amides is 1. The number of carbonyl (C=O) groups excluding carboxylic acids is 2. The van der Waals surface area contributed by atoms with Gasteiger partial charge in [0.05, 0.1) is 20.8 Å². The summed E-state index contributed by atoms with van der Waals surface area (Å²) >= 11 is 0. The topological polar surface area (TPSA) is 65.1 Å². The molecule has 2 atom stereocenters. The molecule has 1 amide bonds. The molecule has 0 bridgehead atoms. The van der Waals surface area contributed by atoms with E-state index in [9.17, 15) is 9.59 Å². The lowest BCUT2D eigenvalue weighted by Gasteiger charge is -2.33. The third-order valence-electron chi connectivity index (χ3n) is 2.60. The summed E-state index contributed by atoms with van der Waals surface area (Å²) in [5.74, 6) is -0.498. The number of carbonyl (C=O) groups is 2. The van der Waals surface area contributed by atoms with Gasteiger partial charge in [0.15, 0.2) is 6.04 Å². The molecule has 1 aliphatic heterocycles.